The van der Waals surface area contributed by atoms with Crippen molar-refractivity contribution in [2.24, 2.45) is 0 Å². The van der Waals surface area contributed by atoms with Gasteiger partial charge < -0.3 is 10.1 Å². The molecule has 0 saturated heterocycles. The second-order valence-electron chi connectivity index (χ2n) is 7.20. The highest BCUT2D eigenvalue weighted by Gasteiger charge is 2.13. The van der Waals surface area contributed by atoms with Crippen molar-refractivity contribution < 1.29 is 9.53 Å². The van der Waals surface area contributed by atoms with Crippen LogP contribution in [0.4, 0.5) is 0 Å². The van der Waals surface area contributed by atoms with Gasteiger partial charge in [0.25, 0.3) is 5.91 Å². The van der Waals surface area contributed by atoms with E-state index in [2.05, 4.69) is 38.2 Å². The molecule has 0 unspecified atom stereocenters. The van der Waals surface area contributed by atoms with Crippen molar-refractivity contribution in [2.45, 2.75) is 40.0 Å². The van der Waals surface area contributed by atoms with Gasteiger partial charge in [-0.25, -0.2) is 0 Å². The van der Waals surface area contributed by atoms with Gasteiger partial charge in [-0.2, -0.15) is 0 Å². The van der Waals surface area contributed by atoms with E-state index in [-0.39, 0.29) is 11.3 Å². The van der Waals surface area contributed by atoms with Gasteiger partial charge in [0.2, 0.25) is 0 Å². The van der Waals surface area contributed by atoms with Crippen LogP contribution in [-0.4, -0.2) is 19.1 Å². The monoisotopic (exact) mass is 325 g/mol. The van der Waals surface area contributed by atoms with Crippen LogP contribution in [0.5, 0.6) is 5.75 Å². The molecule has 0 aliphatic rings. The number of amides is 1. The van der Waals surface area contributed by atoms with E-state index in [1.807, 2.05) is 44.2 Å². The normalized spacial score (nSPS) is 11.2. The number of aryl methyl sites for hydroxylation is 2. The summed E-state index contributed by atoms with van der Waals surface area (Å²) >= 11 is 0. The molecular formula is C21H27NO2. The Morgan fingerprint density at radius 1 is 1.04 bits per heavy atom. The minimum absolute atomic E-state index is 0.0563. The van der Waals surface area contributed by atoms with Gasteiger partial charge in [0.15, 0.2) is 0 Å². The minimum Gasteiger partial charge on any atom is -0.492 e. The molecule has 3 heteroatoms. The number of hydrogen-bond acceptors (Lipinski definition) is 2. The van der Waals surface area contributed by atoms with Gasteiger partial charge in [-0.05, 0) is 48.6 Å². The Kier molecular flexibility index (Phi) is 5.66. The topological polar surface area (TPSA) is 38.3 Å². The van der Waals surface area contributed by atoms with Crippen LogP contribution < -0.4 is 10.1 Å². The van der Waals surface area contributed by atoms with Gasteiger partial charge in [-0.1, -0.05) is 50.6 Å². The van der Waals surface area contributed by atoms with Gasteiger partial charge in [-0.15, -0.1) is 0 Å². The average Bonchev–Trinajstić information content (AvgIpc) is 2.51. The molecule has 0 atom stereocenters. The Hall–Kier alpha value is -2.29. The van der Waals surface area contributed by atoms with Crippen molar-refractivity contribution in [2.75, 3.05) is 13.2 Å². The van der Waals surface area contributed by atoms with Gasteiger partial charge in [0, 0.05) is 5.56 Å². The van der Waals surface area contributed by atoms with Crippen molar-refractivity contribution in [1.82, 2.24) is 5.32 Å². The molecule has 3 nitrogen and oxygen atoms in total. The minimum atomic E-state index is -0.0563. The standard InChI is InChI=1S/C21H27NO2/c1-15-6-11-19(16(2)14-15)20(23)22-12-13-24-18-9-7-17(8-10-18)21(3,4)5/h6-11,14H,12-13H2,1-5H3,(H,22,23). The average molecular weight is 325 g/mol. The molecule has 0 heterocycles. The van der Waals surface area contributed by atoms with Crippen molar-refractivity contribution in [3.8, 4) is 5.75 Å². The fraction of sp³-hybridized carbons (Fsp3) is 0.381. The van der Waals surface area contributed by atoms with Crippen LogP contribution in [0.3, 0.4) is 0 Å². The molecule has 1 amide bonds. The van der Waals surface area contributed by atoms with E-state index in [9.17, 15) is 4.79 Å². The summed E-state index contributed by atoms with van der Waals surface area (Å²) in [4.78, 5) is 12.2. The quantitative estimate of drug-likeness (QED) is 0.827. The molecule has 0 aliphatic heterocycles. The summed E-state index contributed by atoms with van der Waals surface area (Å²) in [5, 5.41) is 2.90. The molecule has 0 saturated carbocycles. The Labute approximate surface area is 145 Å². The molecule has 128 valence electrons. The first-order chi connectivity index (χ1) is 11.3. The van der Waals surface area contributed by atoms with Crippen LogP contribution in [0.1, 0.15) is 47.8 Å². The maximum atomic E-state index is 12.2. The predicted octanol–water partition coefficient (Wildman–Crippen LogP) is 4.41. The number of carbonyl (C=O) groups is 1. The van der Waals surface area contributed by atoms with Crippen LogP contribution in [-0.2, 0) is 5.41 Å². The molecule has 24 heavy (non-hydrogen) atoms. The van der Waals surface area contributed by atoms with E-state index in [0.29, 0.717) is 13.2 Å². The molecule has 0 aliphatic carbocycles. The summed E-state index contributed by atoms with van der Waals surface area (Å²) in [6.07, 6.45) is 0. The Morgan fingerprint density at radius 3 is 2.29 bits per heavy atom. The second-order valence-corrected chi connectivity index (χ2v) is 7.20. The van der Waals surface area contributed by atoms with Crippen molar-refractivity contribution >= 4 is 5.91 Å². The number of rotatable bonds is 5. The zero-order valence-corrected chi connectivity index (χ0v) is 15.3. The van der Waals surface area contributed by atoms with Crippen LogP contribution in [0.15, 0.2) is 42.5 Å². The molecule has 0 bridgehead atoms. The molecule has 0 aromatic heterocycles. The first kappa shape index (κ1) is 18.1. The molecule has 0 radical (unpaired) electrons. The third-order valence-corrected chi connectivity index (χ3v) is 4.00. The molecular weight excluding hydrogens is 298 g/mol. The Morgan fingerprint density at radius 2 is 1.71 bits per heavy atom. The summed E-state index contributed by atoms with van der Waals surface area (Å²) in [5.74, 6) is 0.767. The van der Waals surface area contributed by atoms with Crippen LogP contribution in [0.25, 0.3) is 0 Å². The SMILES string of the molecule is Cc1ccc(C(=O)NCCOc2ccc(C(C)(C)C)cc2)c(C)c1. The fourth-order valence-corrected chi connectivity index (χ4v) is 2.55. The van der Waals surface area contributed by atoms with Gasteiger partial charge in [-0.3, -0.25) is 4.79 Å². The van der Waals surface area contributed by atoms with Gasteiger partial charge >= 0.3 is 0 Å². The van der Waals surface area contributed by atoms with E-state index in [1.54, 1.807) is 0 Å². The lowest BCUT2D eigenvalue weighted by Crippen LogP contribution is -2.28. The van der Waals surface area contributed by atoms with Crippen LogP contribution >= 0.6 is 0 Å². The van der Waals surface area contributed by atoms with Gasteiger partial charge in [0.1, 0.15) is 12.4 Å². The highest BCUT2D eigenvalue weighted by atomic mass is 16.5. The largest absolute Gasteiger partial charge is 0.492 e. The van der Waals surface area contributed by atoms with E-state index >= 15 is 0 Å². The van der Waals surface area contributed by atoms with Crippen LogP contribution in [0.2, 0.25) is 0 Å². The summed E-state index contributed by atoms with van der Waals surface area (Å²) in [5.41, 5.74) is 4.28. The number of hydrogen-bond donors (Lipinski definition) is 1. The lowest BCUT2D eigenvalue weighted by molar-refractivity contribution is 0.0946. The summed E-state index contributed by atoms with van der Waals surface area (Å²) < 4.78 is 5.69. The Balaban J connectivity index is 1.81. The van der Waals surface area contributed by atoms with Gasteiger partial charge in [0.05, 0.1) is 6.54 Å². The Bertz CT molecular complexity index is 697. The lowest BCUT2D eigenvalue weighted by Gasteiger charge is -2.19. The number of benzene rings is 2. The van der Waals surface area contributed by atoms with E-state index in [1.165, 1.54) is 5.56 Å². The van der Waals surface area contributed by atoms with E-state index in [0.717, 1.165) is 22.4 Å². The predicted molar refractivity (Wildman–Crippen MR) is 98.9 cm³/mol. The number of ether oxygens (including phenoxy) is 1. The molecule has 2 rings (SSSR count). The second kappa shape index (κ2) is 7.52. The number of carbonyl (C=O) groups excluding carboxylic acids is 1. The van der Waals surface area contributed by atoms with Crippen LogP contribution in [0, 0.1) is 13.8 Å². The summed E-state index contributed by atoms with van der Waals surface area (Å²) in [6, 6.07) is 14.0. The first-order valence-electron chi connectivity index (χ1n) is 8.36. The molecule has 0 fully saturated rings. The zero-order chi connectivity index (χ0) is 17.7. The lowest BCUT2D eigenvalue weighted by atomic mass is 9.87. The molecule has 2 aromatic rings. The smallest absolute Gasteiger partial charge is 0.251 e. The fourth-order valence-electron chi connectivity index (χ4n) is 2.55. The van der Waals surface area contributed by atoms with E-state index < -0.39 is 0 Å². The van der Waals surface area contributed by atoms with E-state index in [4.69, 9.17) is 4.74 Å². The molecule has 0 spiro atoms. The maximum Gasteiger partial charge on any atom is 0.251 e. The third kappa shape index (κ3) is 4.85. The van der Waals surface area contributed by atoms with Crippen molar-refractivity contribution in [3.05, 3.63) is 64.7 Å². The summed E-state index contributed by atoms with van der Waals surface area (Å²) in [7, 11) is 0. The molecule has 1 N–H and O–H groups in total. The van der Waals surface area contributed by atoms with Crippen molar-refractivity contribution in [1.29, 1.82) is 0 Å². The highest BCUT2D eigenvalue weighted by molar-refractivity contribution is 5.95. The highest BCUT2D eigenvalue weighted by Crippen LogP contribution is 2.24. The third-order valence-electron chi connectivity index (χ3n) is 4.00. The maximum absolute atomic E-state index is 12.2. The zero-order valence-electron chi connectivity index (χ0n) is 15.3. The molecule has 2 aromatic carbocycles. The number of nitrogens with one attached hydrogen (secondary N) is 1. The first-order valence-corrected chi connectivity index (χ1v) is 8.36. The van der Waals surface area contributed by atoms with Crippen molar-refractivity contribution in [3.63, 3.8) is 0 Å². The summed E-state index contributed by atoms with van der Waals surface area (Å²) in [6.45, 7) is 11.5.